The number of benzene rings is 1. The number of aryl methyl sites for hydroxylation is 1. The van der Waals surface area contributed by atoms with Gasteiger partial charge in [-0.2, -0.15) is 13.2 Å². The maximum atomic E-state index is 13.1. The van der Waals surface area contributed by atoms with Gasteiger partial charge in [-0.05, 0) is 37.1 Å². The Morgan fingerprint density at radius 3 is 2.57 bits per heavy atom. The van der Waals surface area contributed by atoms with Gasteiger partial charge in [0.15, 0.2) is 16.3 Å². The zero-order chi connectivity index (χ0) is 20.3. The molecule has 0 amide bonds. The number of thioether (sulfide) groups is 1. The summed E-state index contributed by atoms with van der Waals surface area (Å²) < 4.78 is 40.4. The number of hydrogen-bond acceptors (Lipinski definition) is 4. The quantitative estimate of drug-likeness (QED) is 0.298. The monoisotopic (exact) mass is 430 g/mol. The summed E-state index contributed by atoms with van der Waals surface area (Å²) in [6.45, 7) is 2.64. The first-order valence-corrected chi connectivity index (χ1v) is 10.1. The third kappa shape index (κ3) is 4.70. The summed E-state index contributed by atoms with van der Waals surface area (Å²) in [6.07, 6.45) is -2.74. The van der Waals surface area contributed by atoms with Crippen LogP contribution in [0.5, 0.6) is 0 Å². The van der Waals surface area contributed by atoms with Crippen molar-refractivity contribution in [2.75, 3.05) is 5.75 Å². The van der Waals surface area contributed by atoms with Gasteiger partial charge in [0.2, 0.25) is 0 Å². The summed E-state index contributed by atoms with van der Waals surface area (Å²) in [5.41, 5.74) is 0.839. The molecule has 1 aromatic carbocycles. The van der Waals surface area contributed by atoms with Crippen LogP contribution in [0, 0.1) is 0 Å². The number of alkyl halides is 3. The van der Waals surface area contributed by atoms with E-state index < -0.39 is 12.6 Å². The molecular formula is C18H18ClF3N4OS. The van der Waals surface area contributed by atoms with Gasteiger partial charge in [-0.15, -0.1) is 0 Å². The first-order chi connectivity index (χ1) is 13.3. The number of fused-ring (bicyclic) bond motifs is 1. The molecule has 0 atom stereocenters. The van der Waals surface area contributed by atoms with E-state index in [1.54, 1.807) is 35.2 Å². The fraction of sp³-hybridized carbons (Fsp3) is 0.389. The molecule has 28 heavy (non-hydrogen) atoms. The molecular weight excluding hydrogens is 413 g/mol. The molecule has 0 saturated carbocycles. The lowest BCUT2D eigenvalue weighted by molar-refractivity contribution is -0.134. The second-order valence-electron chi connectivity index (χ2n) is 6.19. The highest BCUT2D eigenvalue weighted by Gasteiger charge is 2.26. The van der Waals surface area contributed by atoms with E-state index in [-0.39, 0.29) is 23.2 Å². The van der Waals surface area contributed by atoms with Crippen LogP contribution in [0.4, 0.5) is 13.2 Å². The highest BCUT2D eigenvalue weighted by Crippen LogP contribution is 2.26. The van der Waals surface area contributed by atoms with Gasteiger partial charge >= 0.3 is 6.18 Å². The molecule has 0 aliphatic heterocycles. The Hall–Kier alpha value is -2.00. The minimum absolute atomic E-state index is 0.0586. The highest BCUT2D eigenvalue weighted by atomic mass is 35.5. The van der Waals surface area contributed by atoms with Gasteiger partial charge in [-0.25, -0.2) is 9.97 Å². The Labute approximate surface area is 168 Å². The smallest absolute Gasteiger partial charge is 0.315 e. The SMILES string of the molecule is CCCn1cnc2c(=O)n(-c3ccc(Cl)cc3)c(SCCCC(F)(F)F)nc21. The maximum absolute atomic E-state index is 13.1. The summed E-state index contributed by atoms with van der Waals surface area (Å²) >= 11 is 7.05. The second-order valence-corrected chi connectivity index (χ2v) is 7.69. The Morgan fingerprint density at radius 2 is 1.93 bits per heavy atom. The van der Waals surface area contributed by atoms with Gasteiger partial charge in [0.1, 0.15) is 0 Å². The predicted molar refractivity (Wildman–Crippen MR) is 104 cm³/mol. The predicted octanol–water partition coefficient (Wildman–Crippen LogP) is 5.08. The van der Waals surface area contributed by atoms with E-state index in [1.807, 2.05) is 6.92 Å². The third-order valence-electron chi connectivity index (χ3n) is 3.99. The average Bonchev–Trinajstić information content (AvgIpc) is 3.03. The molecule has 0 saturated heterocycles. The van der Waals surface area contributed by atoms with E-state index in [2.05, 4.69) is 9.97 Å². The molecule has 0 fully saturated rings. The first-order valence-electron chi connectivity index (χ1n) is 8.73. The summed E-state index contributed by atoms with van der Waals surface area (Å²) in [5, 5.41) is 0.845. The van der Waals surface area contributed by atoms with E-state index in [9.17, 15) is 18.0 Å². The van der Waals surface area contributed by atoms with Crippen LogP contribution in [0.25, 0.3) is 16.9 Å². The first kappa shape index (κ1) is 20.7. The standard InChI is InChI=1S/C18H18ClF3N4OS/c1-2-9-25-11-23-14-15(25)24-17(28-10-3-8-18(20,21)22)26(16(14)27)13-6-4-12(19)5-7-13/h4-7,11H,2-3,8-10H2,1H3. The van der Waals surface area contributed by atoms with Crippen LogP contribution >= 0.6 is 23.4 Å². The molecule has 0 bridgehead atoms. The van der Waals surface area contributed by atoms with Crippen molar-refractivity contribution in [2.24, 2.45) is 0 Å². The van der Waals surface area contributed by atoms with Crippen LogP contribution in [0.15, 0.2) is 40.5 Å². The molecule has 10 heteroatoms. The molecule has 2 aromatic heterocycles. The number of nitrogens with zero attached hydrogens (tertiary/aromatic N) is 4. The van der Waals surface area contributed by atoms with E-state index in [0.717, 1.165) is 18.2 Å². The summed E-state index contributed by atoms with van der Waals surface area (Å²) in [6, 6.07) is 6.61. The third-order valence-corrected chi connectivity index (χ3v) is 5.27. The zero-order valence-corrected chi connectivity index (χ0v) is 16.6. The van der Waals surface area contributed by atoms with Crippen molar-refractivity contribution in [1.29, 1.82) is 0 Å². The number of rotatable bonds is 7. The molecule has 0 N–H and O–H groups in total. The topological polar surface area (TPSA) is 52.7 Å². The van der Waals surface area contributed by atoms with E-state index in [0.29, 0.717) is 28.1 Å². The van der Waals surface area contributed by atoms with E-state index >= 15 is 0 Å². The molecule has 2 heterocycles. The Bertz CT molecular complexity index is 1010. The lowest BCUT2D eigenvalue weighted by atomic mass is 10.3. The van der Waals surface area contributed by atoms with Crippen molar-refractivity contribution in [1.82, 2.24) is 19.1 Å². The molecule has 0 radical (unpaired) electrons. The van der Waals surface area contributed by atoms with Gasteiger partial charge in [0.05, 0.1) is 12.0 Å². The van der Waals surface area contributed by atoms with E-state index in [1.165, 1.54) is 4.57 Å². The van der Waals surface area contributed by atoms with Crippen molar-refractivity contribution in [3.63, 3.8) is 0 Å². The molecule has 3 aromatic rings. The van der Waals surface area contributed by atoms with Crippen molar-refractivity contribution in [2.45, 2.75) is 44.1 Å². The van der Waals surface area contributed by atoms with Crippen molar-refractivity contribution < 1.29 is 13.2 Å². The van der Waals surface area contributed by atoms with Gasteiger partial charge in [0, 0.05) is 23.7 Å². The molecule has 0 spiro atoms. The summed E-state index contributed by atoms with van der Waals surface area (Å²) in [5.74, 6) is 0.187. The Kier molecular flexibility index (Phi) is 6.34. The Balaban J connectivity index is 2.03. The van der Waals surface area contributed by atoms with Crippen molar-refractivity contribution >= 4 is 34.5 Å². The average molecular weight is 431 g/mol. The summed E-state index contributed by atoms with van der Waals surface area (Å²) in [7, 11) is 0. The maximum Gasteiger partial charge on any atom is 0.389 e. The van der Waals surface area contributed by atoms with Gasteiger partial charge in [-0.3, -0.25) is 9.36 Å². The number of hydrogen-bond donors (Lipinski definition) is 0. The van der Waals surface area contributed by atoms with Crippen LogP contribution < -0.4 is 5.56 Å². The van der Waals surface area contributed by atoms with Gasteiger partial charge in [0.25, 0.3) is 5.56 Å². The lowest BCUT2D eigenvalue weighted by Gasteiger charge is -2.13. The molecule has 0 aliphatic carbocycles. The van der Waals surface area contributed by atoms with Crippen LogP contribution in [0.3, 0.4) is 0 Å². The number of halogens is 4. The lowest BCUT2D eigenvalue weighted by Crippen LogP contribution is -2.22. The van der Waals surface area contributed by atoms with Gasteiger partial charge < -0.3 is 4.57 Å². The van der Waals surface area contributed by atoms with Gasteiger partial charge in [-0.1, -0.05) is 30.3 Å². The fourth-order valence-electron chi connectivity index (χ4n) is 2.73. The molecule has 5 nitrogen and oxygen atoms in total. The van der Waals surface area contributed by atoms with Crippen LogP contribution in [-0.2, 0) is 6.54 Å². The molecule has 3 rings (SSSR count). The number of imidazole rings is 1. The van der Waals surface area contributed by atoms with Crippen LogP contribution in [0.2, 0.25) is 5.02 Å². The fourth-order valence-corrected chi connectivity index (χ4v) is 3.80. The molecule has 0 aliphatic rings. The van der Waals surface area contributed by atoms with Crippen molar-refractivity contribution in [3.05, 3.63) is 46.0 Å². The number of aromatic nitrogens is 4. The zero-order valence-electron chi connectivity index (χ0n) is 15.0. The second kappa shape index (κ2) is 8.57. The largest absolute Gasteiger partial charge is 0.389 e. The minimum Gasteiger partial charge on any atom is -0.315 e. The van der Waals surface area contributed by atoms with Crippen molar-refractivity contribution in [3.8, 4) is 5.69 Å². The Morgan fingerprint density at radius 1 is 1.21 bits per heavy atom. The van der Waals surface area contributed by atoms with Crippen LogP contribution in [0.1, 0.15) is 26.2 Å². The normalized spacial score (nSPS) is 12.0. The molecule has 150 valence electrons. The summed E-state index contributed by atoms with van der Waals surface area (Å²) in [4.78, 5) is 21.8. The highest BCUT2D eigenvalue weighted by molar-refractivity contribution is 7.99. The van der Waals surface area contributed by atoms with Crippen LogP contribution in [-0.4, -0.2) is 31.0 Å². The minimum atomic E-state index is -4.20. The van der Waals surface area contributed by atoms with E-state index in [4.69, 9.17) is 11.6 Å². The molecule has 0 unspecified atom stereocenters.